The summed E-state index contributed by atoms with van der Waals surface area (Å²) < 4.78 is 0. The van der Waals surface area contributed by atoms with E-state index in [2.05, 4.69) is 43.1 Å². The van der Waals surface area contributed by atoms with Crippen LogP contribution in [0.25, 0.3) is 0 Å². The summed E-state index contributed by atoms with van der Waals surface area (Å²) >= 11 is 0. The predicted molar refractivity (Wildman–Crippen MR) is 86.9 cm³/mol. The Hall–Kier alpha value is -1.06. The minimum Gasteiger partial charge on any atom is -0.399 e. The molecule has 2 rings (SSSR count). The zero-order valence-electron chi connectivity index (χ0n) is 13.2. The third-order valence-corrected chi connectivity index (χ3v) is 4.84. The molecule has 1 aromatic rings. The molecule has 0 amide bonds. The molecule has 3 nitrogen and oxygen atoms in total. The van der Waals surface area contributed by atoms with E-state index >= 15 is 0 Å². The normalized spacial score (nSPS) is 17.4. The van der Waals surface area contributed by atoms with Crippen molar-refractivity contribution >= 4 is 5.69 Å². The molecule has 0 saturated heterocycles. The zero-order valence-corrected chi connectivity index (χ0v) is 13.2. The van der Waals surface area contributed by atoms with Crippen molar-refractivity contribution in [3.8, 4) is 0 Å². The van der Waals surface area contributed by atoms with Crippen LogP contribution in [0.5, 0.6) is 0 Å². The molecule has 0 bridgehead atoms. The van der Waals surface area contributed by atoms with Crippen LogP contribution in [-0.2, 0) is 6.42 Å². The highest BCUT2D eigenvalue weighted by Gasteiger charge is 2.39. The van der Waals surface area contributed by atoms with E-state index in [0.717, 1.165) is 18.7 Å². The van der Waals surface area contributed by atoms with Gasteiger partial charge in [0.15, 0.2) is 0 Å². The molecule has 1 fully saturated rings. The van der Waals surface area contributed by atoms with Gasteiger partial charge in [0.05, 0.1) is 0 Å². The van der Waals surface area contributed by atoms with Crippen molar-refractivity contribution in [2.45, 2.75) is 37.6 Å². The molecule has 112 valence electrons. The molecule has 0 spiro atoms. The lowest BCUT2D eigenvalue weighted by atomic mass is 9.75. The van der Waals surface area contributed by atoms with E-state index in [1.807, 2.05) is 12.1 Å². The van der Waals surface area contributed by atoms with Crippen LogP contribution in [0.15, 0.2) is 24.3 Å². The van der Waals surface area contributed by atoms with Gasteiger partial charge in [-0.15, -0.1) is 0 Å². The van der Waals surface area contributed by atoms with Gasteiger partial charge in [-0.3, -0.25) is 0 Å². The number of hydrogen-bond acceptors (Lipinski definition) is 3. The van der Waals surface area contributed by atoms with E-state index in [4.69, 9.17) is 5.73 Å². The Morgan fingerprint density at radius 3 is 2.40 bits per heavy atom. The van der Waals surface area contributed by atoms with Crippen molar-refractivity contribution in [2.75, 3.05) is 40.0 Å². The molecule has 1 aliphatic carbocycles. The van der Waals surface area contributed by atoms with Crippen molar-refractivity contribution < 1.29 is 0 Å². The van der Waals surface area contributed by atoms with Gasteiger partial charge in [-0.1, -0.05) is 18.2 Å². The van der Waals surface area contributed by atoms with Crippen LogP contribution in [0, 0.1) is 0 Å². The van der Waals surface area contributed by atoms with Crippen molar-refractivity contribution in [1.29, 1.82) is 0 Å². The summed E-state index contributed by atoms with van der Waals surface area (Å²) in [6.45, 7) is 2.33. The number of anilines is 1. The number of aryl methyl sites for hydroxylation is 1. The van der Waals surface area contributed by atoms with Crippen LogP contribution < -0.4 is 5.73 Å². The van der Waals surface area contributed by atoms with E-state index < -0.39 is 0 Å². The number of hydrogen-bond donors (Lipinski definition) is 1. The average Bonchev–Trinajstić information content (AvgIpc) is 2.36. The smallest absolute Gasteiger partial charge is 0.0346 e. The molecular weight excluding hydrogens is 246 g/mol. The molecule has 0 unspecified atom stereocenters. The lowest BCUT2D eigenvalue weighted by Gasteiger charge is -2.49. The lowest BCUT2D eigenvalue weighted by molar-refractivity contribution is 0.0277. The molecule has 0 aromatic heterocycles. The highest BCUT2D eigenvalue weighted by Crippen LogP contribution is 2.36. The summed E-state index contributed by atoms with van der Waals surface area (Å²) in [5, 5.41) is 0. The fraction of sp³-hybridized carbons (Fsp3) is 0.647. The second-order valence-electron chi connectivity index (χ2n) is 6.51. The Bertz CT molecular complexity index is 424. The molecule has 1 aliphatic rings. The van der Waals surface area contributed by atoms with Gasteiger partial charge in [-0.25, -0.2) is 0 Å². The Balaban J connectivity index is 1.75. The summed E-state index contributed by atoms with van der Waals surface area (Å²) in [4.78, 5) is 4.90. The molecule has 0 heterocycles. The van der Waals surface area contributed by atoms with Gasteiger partial charge < -0.3 is 15.5 Å². The van der Waals surface area contributed by atoms with Crippen LogP contribution in [-0.4, -0.2) is 49.6 Å². The summed E-state index contributed by atoms with van der Waals surface area (Å²) in [5.41, 5.74) is 8.63. The summed E-state index contributed by atoms with van der Waals surface area (Å²) in [6, 6.07) is 8.21. The first-order valence-corrected chi connectivity index (χ1v) is 7.73. The van der Waals surface area contributed by atoms with Crippen LogP contribution >= 0.6 is 0 Å². The minimum atomic E-state index is 0.431. The van der Waals surface area contributed by atoms with E-state index in [0.29, 0.717) is 5.54 Å². The quantitative estimate of drug-likeness (QED) is 0.776. The standard InChI is InChI=1S/C17H29N3/c1-19(2)17(11-7-12-17)14-20(3)13-6-9-15-8-4-5-10-16(15)18/h4-5,8,10H,6-7,9,11-14,18H2,1-3H3. The Kier molecular flexibility index (Phi) is 5.06. The van der Waals surface area contributed by atoms with Gasteiger partial charge in [0.2, 0.25) is 0 Å². The summed E-state index contributed by atoms with van der Waals surface area (Å²) in [5.74, 6) is 0. The first-order chi connectivity index (χ1) is 9.53. The topological polar surface area (TPSA) is 32.5 Å². The highest BCUT2D eigenvalue weighted by atomic mass is 15.2. The summed E-state index contributed by atoms with van der Waals surface area (Å²) in [6.07, 6.45) is 6.32. The Morgan fingerprint density at radius 1 is 1.15 bits per heavy atom. The Labute approximate surface area is 123 Å². The van der Waals surface area contributed by atoms with Gasteiger partial charge in [0.25, 0.3) is 0 Å². The van der Waals surface area contributed by atoms with Gasteiger partial charge in [0, 0.05) is 17.8 Å². The van der Waals surface area contributed by atoms with Crippen molar-refractivity contribution in [2.24, 2.45) is 0 Å². The average molecular weight is 275 g/mol. The van der Waals surface area contributed by atoms with Gasteiger partial charge in [-0.2, -0.15) is 0 Å². The third kappa shape index (κ3) is 3.53. The number of para-hydroxylation sites is 1. The van der Waals surface area contributed by atoms with Crippen molar-refractivity contribution in [1.82, 2.24) is 9.80 Å². The lowest BCUT2D eigenvalue weighted by Crippen LogP contribution is -2.56. The SMILES string of the molecule is CN(CCCc1ccccc1N)CC1(N(C)C)CCC1. The predicted octanol–water partition coefficient (Wildman–Crippen LogP) is 2.62. The second-order valence-corrected chi connectivity index (χ2v) is 6.51. The molecule has 20 heavy (non-hydrogen) atoms. The fourth-order valence-corrected chi connectivity index (χ4v) is 3.21. The van der Waals surface area contributed by atoms with Gasteiger partial charge in [-0.05, 0) is 71.4 Å². The molecule has 2 N–H and O–H groups in total. The fourth-order valence-electron chi connectivity index (χ4n) is 3.21. The second kappa shape index (κ2) is 6.59. The maximum atomic E-state index is 5.99. The molecular formula is C17H29N3. The number of benzene rings is 1. The largest absolute Gasteiger partial charge is 0.399 e. The number of likely N-dealkylation sites (N-methyl/N-ethyl adjacent to an activating group) is 2. The van der Waals surface area contributed by atoms with Crippen molar-refractivity contribution in [3.63, 3.8) is 0 Å². The van der Waals surface area contributed by atoms with E-state index in [1.165, 1.54) is 37.8 Å². The zero-order chi connectivity index (χ0) is 14.6. The van der Waals surface area contributed by atoms with E-state index in [-0.39, 0.29) is 0 Å². The van der Waals surface area contributed by atoms with Gasteiger partial charge >= 0.3 is 0 Å². The van der Waals surface area contributed by atoms with Crippen LogP contribution in [0.4, 0.5) is 5.69 Å². The highest BCUT2D eigenvalue weighted by molar-refractivity contribution is 5.46. The van der Waals surface area contributed by atoms with Crippen molar-refractivity contribution in [3.05, 3.63) is 29.8 Å². The van der Waals surface area contributed by atoms with E-state index in [1.54, 1.807) is 0 Å². The molecule has 1 saturated carbocycles. The number of nitrogen functional groups attached to an aromatic ring is 1. The first kappa shape index (κ1) is 15.3. The maximum absolute atomic E-state index is 5.99. The molecule has 0 aliphatic heterocycles. The number of nitrogens with two attached hydrogens (primary N) is 1. The minimum absolute atomic E-state index is 0.431. The van der Waals surface area contributed by atoms with Crippen LogP contribution in [0.1, 0.15) is 31.2 Å². The summed E-state index contributed by atoms with van der Waals surface area (Å²) in [7, 11) is 6.69. The molecule has 0 radical (unpaired) electrons. The van der Waals surface area contributed by atoms with Crippen LogP contribution in [0.3, 0.4) is 0 Å². The van der Waals surface area contributed by atoms with Gasteiger partial charge in [0.1, 0.15) is 0 Å². The molecule has 1 aromatic carbocycles. The monoisotopic (exact) mass is 275 g/mol. The maximum Gasteiger partial charge on any atom is 0.0346 e. The molecule has 3 heteroatoms. The number of rotatable bonds is 7. The third-order valence-electron chi connectivity index (χ3n) is 4.84. The first-order valence-electron chi connectivity index (χ1n) is 7.73. The Morgan fingerprint density at radius 2 is 1.85 bits per heavy atom. The van der Waals surface area contributed by atoms with E-state index in [9.17, 15) is 0 Å². The molecule has 0 atom stereocenters. The number of nitrogens with zero attached hydrogens (tertiary/aromatic N) is 2. The van der Waals surface area contributed by atoms with Crippen LogP contribution in [0.2, 0.25) is 0 Å².